The van der Waals surface area contributed by atoms with Crippen molar-refractivity contribution >= 4 is 17.5 Å². The molecule has 0 aliphatic carbocycles. The number of amides is 2. The number of carbonyl (C=O) groups excluding carboxylic acids is 1. The fourth-order valence-corrected chi connectivity index (χ4v) is 2.20. The normalized spacial score (nSPS) is 10.8. The summed E-state index contributed by atoms with van der Waals surface area (Å²) in [6, 6.07) is -0.300. The number of aromatic nitrogens is 5. The lowest BCUT2D eigenvalue weighted by Crippen LogP contribution is -2.28. The molecule has 3 rings (SSSR count). The van der Waals surface area contributed by atoms with Crippen molar-refractivity contribution in [2.75, 3.05) is 11.9 Å². The SMILES string of the molecule is CCNC(=O)Nc1nccn2c(-c3cnn(CC)c3)cnc12. The van der Waals surface area contributed by atoms with Crippen molar-refractivity contribution in [1.29, 1.82) is 0 Å². The topological polar surface area (TPSA) is 89.1 Å². The van der Waals surface area contributed by atoms with Gasteiger partial charge in [-0.25, -0.2) is 14.8 Å². The van der Waals surface area contributed by atoms with Crippen LogP contribution in [0.2, 0.25) is 0 Å². The minimum absolute atomic E-state index is 0.300. The Labute approximate surface area is 127 Å². The molecule has 0 fully saturated rings. The number of rotatable bonds is 4. The van der Waals surface area contributed by atoms with Crippen LogP contribution < -0.4 is 10.6 Å². The first kappa shape index (κ1) is 14.1. The number of carbonyl (C=O) groups is 1. The van der Waals surface area contributed by atoms with E-state index in [-0.39, 0.29) is 6.03 Å². The summed E-state index contributed by atoms with van der Waals surface area (Å²) in [5, 5.41) is 9.64. The minimum Gasteiger partial charge on any atom is -0.338 e. The average molecular weight is 299 g/mol. The standard InChI is InChI=1S/C14H17N7O/c1-3-15-14(22)19-12-13-17-8-11(21(13)6-5-16-12)10-7-18-20(4-2)9-10/h5-9H,3-4H2,1-2H3,(H2,15,16,19,22). The van der Waals surface area contributed by atoms with Gasteiger partial charge in [0, 0.05) is 37.2 Å². The Morgan fingerprint density at radius 2 is 2.14 bits per heavy atom. The molecule has 114 valence electrons. The van der Waals surface area contributed by atoms with E-state index in [4.69, 9.17) is 0 Å². The lowest BCUT2D eigenvalue weighted by atomic mass is 10.3. The number of aryl methyl sites for hydroxylation is 1. The number of urea groups is 1. The molecule has 3 aromatic rings. The molecule has 8 nitrogen and oxygen atoms in total. The second-order valence-electron chi connectivity index (χ2n) is 4.68. The lowest BCUT2D eigenvalue weighted by Gasteiger charge is -2.06. The van der Waals surface area contributed by atoms with E-state index in [2.05, 4.69) is 25.7 Å². The van der Waals surface area contributed by atoms with Crippen LogP contribution in [0.5, 0.6) is 0 Å². The van der Waals surface area contributed by atoms with Crippen LogP contribution in [0, 0.1) is 0 Å². The van der Waals surface area contributed by atoms with Gasteiger partial charge in [-0.2, -0.15) is 5.10 Å². The van der Waals surface area contributed by atoms with Crippen LogP contribution in [0.4, 0.5) is 10.6 Å². The number of hydrogen-bond acceptors (Lipinski definition) is 4. The van der Waals surface area contributed by atoms with Gasteiger partial charge in [-0.3, -0.25) is 14.4 Å². The molecule has 2 amide bonds. The molecular formula is C14H17N7O. The zero-order chi connectivity index (χ0) is 15.5. The van der Waals surface area contributed by atoms with Gasteiger partial charge in [-0.1, -0.05) is 0 Å². The molecule has 0 aliphatic rings. The van der Waals surface area contributed by atoms with Gasteiger partial charge in [-0.15, -0.1) is 0 Å². The molecule has 3 heterocycles. The molecule has 8 heteroatoms. The highest BCUT2D eigenvalue weighted by Crippen LogP contribution is 2.22. The predicted molar refractivity (Wildman–Crippen MR) is 82.6 cm³/mol. The highest BCUT2D eigenvalue weighted by Gasteiger charge is 2.13. The van der Waals surface area contributed by atoms with Crippen molar-refractivity contribution in [3.05, 3.63) is 31.0 Å². The fraction of sp³-hybridized carbons (Fsp3) is 0.286. The zero-order valence-corrected chi connectivity index (χ0v) is 12.4. The first-order valence-electron chi connectivity index (χ1n) is 7.12. The number of nitrogens with one attached hydrogen (secondary N) is 2. The van der Waals surface area contributed by atoms with Gasteiger partial charge >= 0.3 is 6.03 Å². The Kier molecular flexibility index (Phi) is 3.73. The highest BCUT2D eigenvalue weighted by atomic mass is 16.2. The fourth-order valence-electron chi connectivity index (χ4n) is 2.20. The van der Waals surface area contributed by atoms with Crippen LogP contribution in [-0.2, 0) is 6.54 Å². The Morgan fingerprint density at radius 3 is 2.86 bits per heavy atom. The molecule has 0 aromatic carbocycles. The largest absolute Gasteiger partial charge is 0.338 e. The Morgan fingerprint density at radius 1 is 1.27 bits per heavy atom. The van der Waals surface area contributed by atoms with Crippen molar-refractivity contribution in [2.24, 2.45) is 0 Å². The lowest BCUT2D eigenvalue weighted by molar-refractivity contribution is 0.252. The summed E-state index contributed by atoms with van der Waals surface area (Å²) < 4.78 is 3.73. The number of hydrogen-bond donors (Lipinski definition) is 2. The zero-order valence-electron chi connectivity index (χ0n) is 12.4. The minimum atomic E-state index is -0.300. The van der Waals surface area contributed by atoms with E-state index in [9.17, 15) is 4.79 Å². The van der Waals surface area contributed by atoms with E-state index in [1.807, 2.05) is 35.3 Å². The third kappa shape index (κ3) is 2.50. The molecule has 22 heavy (non-hydrogen) atoms. The summed E-state index contributed by atoms with van der Waals surface area (Å²) in [6.45, 7) is 5.24. The Balaban J connectivity index is 1.99. The smallest absolute Gasteiger partial charge is 0.320 e. The quantitative estimate of drug-likeness (QED) is 0.768. The van der Waals surface area contributed by atoms with E-state index in [0.717, 1.165) is 17.8 Å². The summed E-state index contributed by atoms with van der Waals surface area (Å²) in [7, 11) is 0. The molecule has 0 bridgehead atoms. The summed E-state index contributed by atoms with van der Waals surface area (Å²) >= 11 is 0. The Bertz CT molecular complexity index is 804. The number of imidazole rings is 1. The van der Waals surface area contributed by atoms with Gasteiger partial charge in [0.15, 0.2) is 11.5 Å². The van der Waals surface area contributed by atoms with Crippen LogP contribution in [0.15, 0.2) is 31.0 Å². The summed E-state index contributed by atoms with van der Waals surface area (Å²) in [4.78, 5) is 20.2. The van der Waals surface area contributed by atoms with Crippen LogP contribution in [0.1, 0.15) is 13.8 Å². The highest BCUT2D eigenvalue weighted by molar-refractivity contribution is 5.91. The average Bonchev–Trinajstić information content (AvgIpc) is 3.14. The third-order valence-electron chi connectivity index (χ3n) is 3.25. The maximum Gasteiger partial charge on any atom is 0.320 e. The molecule has 0 aliphatic heterocycles. The molecule has 0 atom stereocenters. The molecule has 0 saturated carbocycles. The Hall–Kier alpha value is -2.90. The number of nitrogens with zero attached hydrogens (tertiary/aromatic N) is 5. The van der Waals surface area contributed by atoms with Gasteiger partial charge in [0.25, 0.3) is 0 Å². The van der Waals surface area contributed by atoms with Crippen LogP contribution in [-0.4, -0.2) is 36.7 Å². The van der Waals surface area contributed by atoms with E-state index in [1.165, 1.54) is 0 Å². The van der Waals surface area contributed by atoms with Gasteiger partial charge in [0.05, 0.1) is 18.1 Å². The van der Waals surface area contributed by atoms with Gasteiger partial charge in [0.1, 0.15) is 0 Å². The van der Waals surface area contributed by atoms with Gasteiger partial charge in [0.2, 0.25) is 0 Å². The molecule has 0 unspecified atom stereocenters. The van der Waals surface area contributed by atoms with Crippen molar-refractivity contribution in [3.63, 3.8) is 0 Å². The molecular weight excluding hydrogens is 282 g/mol. The summed E-state index contributed by atoms with van der Waals surface area (Å²) in [5.74, 6) is 0.419. The third-order valence-corrected chi connectivity index (χ3v) is 3.25. The van der Waals surface area contributed by atoms with Gasteiger partial charge in [-0.05, 0) is 13.8 Å². The second-order valence-corrected chi connectivity index (χ2v) is 4.68. The van der Waals surface area contributed by atoms with E-state index in [0.29, 0.717) is 18.0 Å². The molecule has 0 spiro atoms. The monoisotopic (exact) mass is 299 g/mol. The maximum absolute atomic E-state index is 11.7. The van der Waals surface area contributed by atoms with Crippen molar-refractivity contribution in [2.45, 2.75) is 20.4 Å². The summed E-state index contributed by atoms with van der Waals surface area (Å²) in [6.07, 6.45) is 8.94. The van der Waals surface area contributed by atoms with Gasteiger partial charge < -0.3 is 5.32 Å². The number of anilines is 1. The summed E-state index contributed by atoms with van der Waals surface area (Å²) in [5.41, 5.74) is 2.45. The van der Waals surface area contributed by atoms with Crippen LogP contribution in [0.25, 0.3) is 16.9 Å². The van der Waals surface area contributed by atoms with Crippen LogP contribution >= 0.6 is 0 Å². The van der Waals surface area contributed by atoms with E-state index < -0.39 is 0 Å². The molecule has 0 saturated heterocycles. The molecule has 3 aromatic heterocycles. The van der Waals surface area contributed by atoms with Crippen molar-refractivity contribution in [3.8, 4) is 11.3 Å². The van der Waals surface area contributed by atoms with Crippen LogP contribution in [0.3, 0.4) is 0 Å². The van der Waals surface area contributed by atoms with E-state index >= 15 is 0 Å². The number of fused-ring (bicyclic) bond motifs is 1. The first-order valence-corrected chi connectivity index (χ1v) is 7.12. The second kappa shape index (κ2) is 5.84. The van der Waals surface area contributed by atoms with Crippen molar-refractivity contribution in [1.82, 2.24) is 29.5 Å². The molecule has 2 N–H and O–H groups in total. The first-order chi connectivity index (χ1) is 10.7. The van der Waals surface area contributed by atoms with E-state index in [1.54, 1.807) is 18.6 Å². The maximum atomic E-state index is 11.7. The molecule has 0 radical (unpaired) electrons. The predicted octanol–water partition coefficient (Wildman–Crippen LogP) is 1.75. The van der Waals surface area contributed by atoms with Crippen molar-refractivity contribution < 1.29 is 4.79 Å².